The highest BCUT2D eigenvalue weighted by Gasteiger charge is 2.05. The predicted molar refractivity (Wildman–Crippen MR) is 70.2 cm³/mol. The third kappa shape index (κ3) is 4.45. The lowest BCUT2D eigenvalue weighted by atomic mass is 10.2. The smallest absolute Gasteiger partial charge is 0.316 e. The first kappa shape index (κ1) is 13.4. The van der Waals surface area contributed by atoms with Gasteiger partial charge in [0.1, 0.15) is 0 Å². The molecular weight excluding hydrogens is 242 g/mol. The quantitative estimate of drug-likeness (QED) is 0.462. The number of halogens is 1. The molecule has 0 spiro atoms. The second-order valence-electron chi connectivity index (χ2n) is 3.92. The van der Waals surface area contributed by atoms with Crippen molar-refractivity contribution in [1.82, 2.24) is 4.90 Å². The Hall–Kier alpha value is -0.670. The second-order valence-corrected chi connectivity index (χ2v) is 5.89. The van der Waals surface area contributed by atoms with Crippen LogP contribution in [0.5, 0.6) is 0 Å². The number of amides is 1. The molecule has 2 nitrogen and oxygen atoms in total. The fourth-order valence-electron chi connectivity index (χ4n) is 1.28. The van der Waals surface area contributed by atoms with E-state index in [1.54, 1.807) is 7.05 Å². The predicted octanol–water partition coefficient (Wildman–Crippen LogP) is 3.98. The molecular formula is C12H16ClNOS. The monoisotopic (exact) mass is 257 g/mol. The lowest BCUT2D eigenvalue weighted by Crippen LogP contribution is -2.19. The van der Waals surface area contributed by atoms with Crippen LogP contribution in [0, 0.1) is 0 Å². The molecule has 0 saturated carbocycles. The highest BCUT2D eigenvalue weighted by molar-refractivity contribution is 7.99. The van der Waals surface area contributed by atoms with Crippen LogP contribution in [0.3, 0.4) is 0 Å². The van der Waals surface area contributed by atoms with E-state index in [-0.39, 0.29) is 0 Å². The molecule has 0 aliphatic heterocycles. The van der Waals surface area contributed by atoms with Gasteiger partial charge in [-0.3, -0.25) is 4.79 Å². The van der Waals surface area contributed by atoms with E-state index in [0.717, 1.165) is 5.56 Å². The van der Waals surface area contributed by atoms with Crippen LogP contribution in [0.2, 0.25) is 0 Å². The van der Waals surface area contributed by atoms with Crippen LogP contribution in [-0.2, 0) is 6.54 Å². The van der Waals surface area contributed by atoms with Gasteiger partial charge in [0, 0.05) is 23.7 Å². The summed E-state index contributed by atoms with van der Waals surface area (Å²) in [4.78, 5) is 13.6. The van der Waals surface area contributed by atoms with Gasteiger partial charge in [0.2, 0.25) is 0 Å². The Morgan fingerprint density at radius 1 is 1.38 bits per heavy atom. The SMILES string of the molecule is CC(C)Sc1ccc(CN(C)C(=O)Cl)cc1. The van der Waals surface area contributed by atoms with Crippen molar-refractivity contribution in [2.75, 3.05) is 7.05 Å². The molecule has 1 aromatic carbocycles. The van der Waals surface area contributed by atoms with E-state index in [2.05, 4.69) is 26.0 Å². The third-order valence-corrected chi connectivity index (χ3v) is 3.32. The number of hydrogen-bond donors (Lipinski definition) is 0. The second kappa shape index (κ2) is 6.16. The number of thioether (sulfide) groups is 1. The molecule has 1 aromatic rings. The maximum atomic E-state index is 10.8. The topological polar surface area (TPSA) is 20.3 Å². The molecule has 0 aromatic heterocycles. The van der Waals surface area contributed by atoms with E-state index in [1.165, 1.54) is 9.80 Å². The van der Waals surface area contributed by atoms with Crippen LogP contribution in [0.4, 0.5) is 4.79 Å². The molecule has 0 unspecified atom stereocenters. The van der Waals surface area contributed by atoms with Crippen LogP contribution in [0.15, 0.2) is 29.2 Å². The van der Waals surface area contributed by atoms with Crippen molar-refractivity contribution in [3.63, 3.8) is 0 Å². The summed E-state index contributed by atoms with van der Waals surface area (Å²) in [5.41, 5.74) is 1.09. The zero-order chi connectivity index (χ0) is 12.1. The maximum absolute atomic E-state index is 10.8. The molecule has 0 radical (unpaired) electrons. The van der Waals surface area contributed by atoms with E-state index >= 15 is 0 Å². The Bertz CT molecular complexity index is 351. The summed E-state index contributed by atoms with van der Waals surface area (Å²) in [5.74, 6) is 0. The Morgan fingerprint density at radius 3 is 2.38 bits per heavy atom. The summed E-state index contributed by atoms with van der Waals surface area (Å²) < 4.78 is 0. The molecule has 0 atom stereocenters. The largest absolute Gasteiger partial charge is 0.328 e. The average Bonchev–Trinajstić information content (AvgIpc) is 2.20. The number of hydrogen-bond acceptors (Lipinski definition) is 2. The molecule has 0 N–H and O–H groups in total. The number of benzene rings is 1. The van der Waals surface area contributed by atoms with Crippen LogP contribution in [0.1, 0.15) is 19.4 Å². The van der Waals surface area contributed by atoms with Crippen LogP contribution in [-0.4, -0.2) is 22.6 Å². The summed E-state index contributed by atoms with van der Waals surface area (Å²) in [7, 11) is 1.69. The van der Waals surface area contributed by atoms with Crippen molar-refractivity contribution in [2.24, 2.45) is 0 Å². The first-order valence-corrected chi connectivity index (χ1v) is 6.41. The first-order chi connectivity index (χ1) is 7.49. The number of rotatable bonds is 4. The third-order valence-electron chi connectivity index (χ3n) is 2.01. The maximum Gasteiger partial charge on any atom is 0.316 e. The van der Waals surface area contributed by atoms with Crippen molar-refractivity contribution in [3.05, 3.63) is 29.8 Å². The standard InChI is InChI=1S/C12H16ClNOS/c1-9(2)16-11-6-4-10(5-7-11)8-14(3)12(13)15/h4-7,9H,8H2,1-3H3. The Morgan fingerprint density at radius 2 is 1.94 bits per heavy atom. The zero-order valence-electron chi connectivity index (χ0n) is 9.74. The molecule has 0 bridgehead atoms. The highest BCUT2D eigenvalue weighted by atomic mass is 35.5. The number of nitrogens with zero attached hydrogens (tertiary/aromatic N) is 1. The summed E-state index contributed by atoms with van der Waals surface area (Å²) >= 11 is 7.19. The van der Waals surface area contributed by atoms with Gasteiger partial charge in [-0.1, -0.05) is 26.0 Å². The minimum Gasteiger partial charge on any atom is -0.328 e. The van der Waals surface area contributed by atoms with Gasteiger partial charge in [0.25, 0.3) is 0 Å². The highest BCUT2D eigenvalue weighted by Crippen LogP contribution is 2.23. The molecule has 0 heterocycles. The normalized spacial score (nSPS) is 10.6. The van der Waals surface area contributed by atoms with Gasteiger partial charge in [-0.25, -0.2) is 0 Å². The number of carbonyl (C=O) groups excluding carboxylic acids is 1. The molecule has 0 fully saturated rings. The fraction of sp³-hybridized carbons (Fsp3) is 0.417. The summed E-state index contributed by atoms with van der Waals surface area (Å²) in [5, 5.41) is 0.151. The van der Waals surface area contributed by atoms with Gasteiger partial charge >= 0.3 is 5.37 Å². The van der Waals surface area contributed by atoms with Crippen LogP contribution >= 0.6 is 23.4 Å². The summed E-state index contributed by atoms with van der Waals surface area (Å²) in [6.07, 6.45) is 0. The fourth-order valence-corrected chi connectivity index (χ4v) is 2.18. The summed E-state index contributed by atoms with van der Waals surface area (Å²) in [6, 6.07) is 8.21. The van der Waals surface area contributed by atoms with Crippen LogP contribution < -0.4 is 0 Å². The lowest BCUT2D eigenvalue weighted by Gasteiger charge is -2.13. The lowest BCUT2D eigenvalue weighted by molar-refractivity contribution is 0.230. The van der Waals surface area contributed by atoms with Gasteiger partial charge in [-0.15, -0.1) is 11.8 Å². The zero-order valence-corrected chi connectivity index (χ0v) is 11.3. The molecule has 16 heavy (non-hydrogen) atoms. The van der Waals surface area contributed by atoms with E-state index in [1.807, 2.05) is 23.9 Å². The molecule has 1 rings (SSSR count). The molecule has 1 amide bonds. The molecule has 0 aliphatic carbocycles. The van der Waals surface area contributed by atoms with E-state index in [0.29, 0.717) is 11.8 Å². The number of carbonyl (C=O) groups is 1. The van der Waals surface area contributed by atoms with Gasteiger partial charge in [-0.05, 0) is 29.3 Å². The molecule has 88 valence electrons. The van der Waals surface area contributed by atoms with Crippen molar-refractivity contribution in [2.45, 2.75) is 30.5 Å². The molecule has 0 aliphatic rings. The summed E-state index contributed by atoms with van der Waals surface area (Å²) in [6.45, 7) is 4.88. The van der Waals surface area contributed by atoms with E-state index < -0.39 is 5.37 Å². The first-order valence-electron chi connectivity index (χ1n) is 5.15. The van der Waals surface area contributed by atoms with Crippen molar-refractivity contribution in [1.29, 1.82) is 0 Å². The van der Waals surface area contributed by atoms with Crippen molar-refractivity contribution in [3.8, 4) is 0 Å². The average molecular weight is 258 g/mol. The van der Waals surface area contributed by atoms with E-state index in [9.17, 15) is 4.79 Å². The van der Waals surface area contributed by atoms with Crippen molar-refractivity contribution >= 4 is 28.7 Å². The Balaban J connectivity index is 2.61. The van der Waals surface area contributed by atoms with Gasteiger partial charge in [-0.2, -0.15) is 0 Å². The molecule has 0 saturated heterocycles. The molecule has 4 heteroatoms. The Kier molecular flexibility index (Phi) is 5.16. The minimum atomic E-state index is -0.430. The minimum absolute atomic E-state index is 0.430. The van der Waals surface area contributed by atoms with E-state index in [4.69, 9.17) is 11.6 Å². The van der Waals surface area contributed by atoms with Gasteiger partial charge in [0.15, 0.2) is 0 Å². The van der Waals surface area contributed by atoms with Crippen LogP contribution in [0.25, 0.3) is 0 Å². The Labute approximate surface area is 106 Å². The van der Waals surface area contributed by atoms with Gasteiger partial charge in [0.05, 0.1) is 0 Å². The van der Waals surface area contributed by atoms with Crippen molar-refractivity contribution < 1.29 is 4.79 Å². The van der Waals surface area contributed by atoms with Gasteiger partial charge < -0.3 is 4.90 Å².